The smallest absolute Gasteiger partial charge is 0.227 e. The van der Waals surface area contributed by atoms with Gasteiger partial charge in [0.1, 0.15) is 23.9 Å². The van der Waals surface area contributed by atoms with E-state index in [1.54, 1.807) is 17.0 Å². The van der Waals surface area contributed by atoms with Crippen molar-refractivity contribution in [2.24, 2.45) is 0 Å². The molecule has 5 nitrogen and oxygen atoms in total. The highest BCUT2D eigenvalue weighted by Crippen LogP contribution is 2.20. The maximum absolute atomic E-state index is 14.0. The van der Waals surface area contributed by atoms with Crippen LogP contribution in [0.2, 0.25) is 0 Å². The van der Waals surface area contributed by atoms with Gasteiger partial charge in [0.25, 0.3) is 0 Å². The standard InChI is InChI=1S/C23H24BrFN2O3/c1-4-27(13-18-12-19(24)7-10-22(18)25)23(28)11-17-5-8-20(9-6-17)29-14-21-15(2)26-30-16(21)3/h5-10,12H,4,11,13-14H2,1-3H3. The molecule has 0 fully saturated rings. The average molecular weight is 475 g/mol. The molecule has 0 saturated heterocycles. The summed E-state index contributed by atoms with van der Waals surface area (Å²) >= 11 is 3.35. The van der Waals surface area contributed by atoms with Gasteiger partial charge in [-0.3, -0.25) is 4.79 Å². The number of nitrogens with zero attached hydrogens (tertiary/aromatic N) is 2. The number of hydrogen-bond acceptors (Lipinski definition) is 4. The van der Waals surface area contributed by atoms with Gasteiger partial charge in [0.05, 0.1) is 17.7 Å². The number of ether oxygens (including phenoxy) is 1. The lowest BCUT2D eigenvalue weighted by Gasteiger charge is -2.21. The molecule has 30 heavy (non-hydrogen) atoms. The Morgan fingerprint density at radius 3 is 2.57 bits per heavy atom. The second-order valence-corrected chi connectivity index (χ2v) is 7.97. The minimum Gasteiger partial charge on any atom is -0.489 e. The van der Waals surface area contributed by atoms with Gasteiger partial charge < -0.3 is 14.2 Å². The molecule has 0 unspecified atom stereocenters. The van der Waals surface area contributed by atoms with Crippen LogP contribution in [-0.2, 0) is 24.4 Å². The van der Waals surface area contributed by atoms with Crippen LogP contribution >= 0.6 is 15.9 Å². The normalized spacial score (nSPS) is 10.8. The van der Waals surface area contributed by atoms with Gasteiger partial charge in [-0.05, 0) is 56.7 Å². The first-order valence-corrected chi connectivity index (χ1v) is 10.5. The highest BCUT2D eigenvalue weighted by Gasteiger charge is 2.15. The number of hydrogen-bond donors (Lipinski definition) is 0. The highest BCUT2D eigenvalue weighted by molar-refractivity contribution is 9.10. The summed E-state index contributed by atoms with van der Waals surface area (Å²) in [5.74, 6) is 1.08. The van der Waals surface area contributed by atoms with Gasteiger partial charge in [-0.25, -0.2) is 4.39 Å². The summed E-state index contributed by atoms with van der Waals surface area (Å²) in [6.45, 7) is 6.74. The molecule has 0 radical (unpaired) electrons. The second kappa shape index (κ2) is 9.89. The molecule has 0 saturated carbocycles. The van der Waals surface area contributed by atoms with Crippen molar-refractivity contribution < 1.29 is 18.4 Å². The van der Waals surface area contributed by atoms with Gasteiger partial charge >= 0.3 is 0 Å². The maximum atomic E-state index is 14.0. The summed E-state index contributed by atoms with van der Waals surface area (Å²) in [6, 6.07) is 12.2. The van der Waals surface area contributed by atoms with Crippen molar-refractivity contribution in [1.82, 2.24) is 10.1 Å². The first-order valence-electron chi connectivity index (χ1n) is 9.72. The molecule has 7 heteroatoms. The van der Waals surface area contributed by atoms with Gasteiger partial charge in [-0.1, -0.05) is 33.2 Å². The predicted octanol–water partition coefficient (Wildman–Crippen LogP) is 5.36. The van der Waals surface area contributed by atoms with Crippen molar-refractivity contribution in [3.8, 4) is 5.75 Å². The van der Waals surface area contributed by atoms with Crippen LogP contribution in [0.1, 0.15) is 35.1 Å². The zero-order chi connectivity index (χ0) is 21.7. The Morgan fingerprint density at radius 1 is 1.20 bits per heavy atom. The average Bonchev–Trinajstić information content (AvgIpc) is 3.05. The number of halogens is 2. The number of rotatable bonds is 8. The molecule has 0 aliphatic carbocycles. The van der Waals surface area contributed by atoms with Crippen LogP contribution in [-0.4, -0.2) is 22.5 Å². The fourth-order valence-electron chi connectivity index (χ4n) is 3.10. The quantitative estimate of drug-likeness (QED) is 0.440. The van der Waals surface area contributed by atoms with Crippen molar-refractivity contribution in [3.05, 3.63) is 80.9 Å². The molecule has 3 rings (SSSR count). The first-order chi connectivity index (χ1) is 14.4. The number of carbonyl (C=O) groups excluding carboxylic acids is 1. The van der Waals surface area contributed by atoms with E-state index in [1.807, 2.05) is 45.0 Å². The molecular formula is C23H24BrFN2O3. The Bertz CT molecular complexity index is 998. The lowest BCUT2D eigenvalue weighted by Crippen LogP contribution is -2.32. The monoisotopic (exact) mass is 474 g/mol. The lowest BCUT2D eigenvalue weighted by atomic mass is 10.1. The van der Waals surface area contributed by atoms with E-state index in [4.69, 9.17) is 9.26 Å². The molecule has 1 aromatic heterocycles. The Hall–Kier alpha value is -2.67. The van der Waals surface area contributed by atoms with E-state index < -0.39 is 0 Å². The molecular weight excluding hydrogens is 451 g/mol. The predicted molar refractivity (Wildman–Crippen MR) is 116 cm³/mol. The van der Waals surface area contributed by atoms with Crippen molar-refractivity contribution in [2.75, 3.05) is 6.54 Å². The van der Waals surface area contributed by atoms with Gasteiger partial charge in [-0.2, -0.15) is 0 Å². The van der Waals surface area contributed by atoms with Gasteiger partial charge in [0.15, 0.2) is 0 Å². The molecule has 0 bridgehead atoms. The fraction of sp³-hybridized carbons (Fsp3) is 0.304. The third-order valence-corrected chi connectivity index (χ3v) is 5.44. The number of aryl methyl sites for hydroxylation is 2. The number of likely N-dealkylation sites (N-methyl/N-ethyl adjacent to an activating group) is 1. The fourth-order valence-corrected chi connectivity index (χ4v) is 3.51. The van der Waals surface area contributed by atoms with Crippen LogP contribution in [0.15, 0.2) is 51.5 Å². The second-order valence-electron chi connectivity index (χ2n) is 7.06. The van der Waals surface area contributed by atoms with Gasteiger partial charge in [0, 0.05) is 23.1 Å². The maximum Gasteiger partial charge on any atom is 0.227 e. The summed E-state index contributed by atoms with van der Waals surface area (Å²) in [5.41, 5.74) is 3.12. The summed E-state index contributed by atoms with van der Waals surface area (Å²) in [4.78, 5) is 14.4. The number of amides is 1. The van der Waals surface area contributed by atoms with Crippen LogP contribution < -0.4 is 4.74 Å². The van der Waals surface area contributed by atoms with Gasteiger partial charge in [-0.15, -0.1) is 0 Å². The zero-order valence-electron chi connectivity index (χ0n) is 17.2. The molecule has 0 aliphatic rings. The van der Waals surface area contributed by atoms with Crippen LogP contribution in [0, 0.1) is 19.7 Å². The Labute approximate surface area is 183 Å². The van der Waals surface area contributed by atoms with Crippen LogP contribution in [0.4, 0.5) is 4.39 Å². The van der Waals surface area contributed by atoms with Crippen molar-refractivity contribution in [3.63, 3.8) is 0 Å². The molecule has 1 amide bonds. The molecule has 0 spiro atoms. The largest absolute Gasteiger partial charge is 0.489 e. The Morgan fingerprint density at radius 2 is 1.93 bits per heavy atom. The summed E-state index contributed by atoms with van der Waals surface area (Å²) in [7, 11) is 0. The lowest BCUT2D eigenvalue weighted by molar-refractivity contribution is -0.130. The van der Waals surface area contributed by atoms with Crippen LogP contribution in [0.3, 0.4) is 0 Å². The van der Waals surface area contributed by atoms with E-state index in [2.05, 4.69) is 21.1 Å². The van der Waals surface area contributed by atoms with Crippen LogP contribution in [0.5, 0.6) is 5.75 Å². The SMILES string of the molecule is CCN(Cc1cc(Br)ccc1F)C(=O)Cc1ccc(OCc2c(C)noc2C)cc1. The Kier molecular flexibility index (Phi) is 7.26. The van der Waals surface area contributed by atoms with Crippen molar-refractivity contribution in [2.45, 2.75) is 40.3 Å². The van der Waals surface area contributed by atoms with Crippen LogP contribution in [0.25, 0.3) is 0 Å². The Balaban J connectivity index is 1.59. The van der Waals surface area contributed by atoms with Crippen molar-refractivity contribution in [1.29, 1.82) is 0 Å². The third-order valence-electron chi connectivity index (χ3n) is 4.95. The topological polar surface area (TPSA) is 55.6 Å². The minimum absolute atomic E-state index is 0.0544. The highest BCUT2D eigenvalue weighted by atomic mass is 79.9. The molecule has 0 N–H and O–H groups in total. The number of aromatic nitrogens is 1. The first kappa shape index (κ1) is 22.0. The molecule has 3 aromatic rings. The van der Waals surface area contributed by atoms with E-state index in [0.29, 0.717) is 24.5 Å². The molecule has 1 heterocycles. The van der Waals surface area contributed by atoms with E-state index in [9.17, 15) is 9.18 Å². The van der Waals surface area contributed by atoms with Crippen molar-refractivity contribution >= 4 is 21.8 Å². The third kappa shape index (κ3) is 5.48. The summed E-state index contributed by atoms with van der Waals surface area (Å²) < 4.78 is 25.8. The molecule has 0 aliphatic heterocycles. The molecule has 158 valence electrons. The molecule has 2 aromatic carbocycles. The van der Waals surface area contributed by atoms with E-state index >= 15 is 0 Å². The zero-order valence-corrected chi connectivity index (χ0v) is 18.8. The molecule has 0 atom stereocenters. The van der Waals surface area contributed by atoms with E-state index in [-0.39, 0.29) is 24.7 Å². The number of benzene rings is 2. The summed E-state index contributed by atoms with van der Waals surface area (Å²) in [6.07, 6.45) is 0.244. The summed E-state index contributed by atoms with van der Waals surface area (Å²) in [5, 5.41) is 3.92. The van der Waals surface area contributed by atoms with Gasteiger partial charge in [0.2, 0.25) is 5.91 Å². The number of carbonyl (C=O) groups is 1. The van der Waals surface area contributed by atoms with E-state index in [1.165, 1.54) is 6.07 Å². The van der Waals surface area contributed by atoms with E-state index in [0.717, 1.165) is 27.1 Å². The minimum atomic E-state index is -0.316.